The van der Waals surface area contributed by atoms with Gasteiger partial charge in [0.2, 0.25) is 0 Å². The Kier molecular flexibility index (Phi) is 3.24. The van der Waals surface area contributed by atoms with Crippen LogP contribution in [0.5, 0.6) is 0 Å². The average molecular weight is 315 g/mol. The Labute approximate surface area is 143 Å². The van der Waals surface area contributed by atoms with Gasteiger partial charge in [0.15, 0.2) is 11.4 Å². The van der Waals surface area contributed by atoms with Crippen molar-refractivity contribution < 1.29 is 4.57 Å². The summed E-state index contributed by atoms with van der Waals surface area (Å²) in [5.74, 6) is 1.24. The molecule has 1 aliphatic rings. The van der Waals surface area contributed by atoms with Crippen LogP contribution in [0.3, 0.4) is 0 Å². The summed E-state index contributed by atoms with van der Waals surface area (Å²) in [6.07, 6.45) is 4.56. The predicted molar refractivity (Wildman–Crippen MR) is 99.2 cm³/mol. The van der Waals surface area contributed by atoms with Crippen LogP contribution in [0.15, 0.2) is 60.7 Å². The molecule has 2 nitrogen and oxygen atoms in total. The Morgan fingerprint density at radius 1 is 0.875 bits per heavy atom. The van der Waals surface area contributed by atoms with Crippen LogP contribution in [-0.2, 0) is 5.54 Å². The molecule has 0 spiro atoms. The van der Waals surface area contributed by atoms with Crippen molar-refractivity contribution in [2.24, 2.45) is 0 Å². The van der Waals surface area contributed by atoms with Gasteiger partial charge in [0, 0.05) is 6.92 Å². The normalized spacial score (nSPS) is 14.8. The first kappa shape index (κ1) is 14.9. The van der Waals surface area contributed by atoms with Crippen LogP contribution in [0.1, 0.15) is 30.8 Å². The number of fused-ring (bicyclic) bond motifs is 1. The first-order chi connectivity index (χ1) is 11.5. The van der Waals surface area contributed by atoms with Crippen molar-refractivity contribution in [3.63, 3.8) is 0 Å². The molecule has 0 saturated carbocycles. The zero-order chi connectivity index (χ0) is 16.9. The zero-order valence-electron chi connectivity index (χ0n) is 14.7. The van der Waals surface area contributed by atoms with Crippen LogP contribution in [-0.4, -0.2) is 4.57 Å². The van der Waals surface area contributed by atoms with E-state index in [9.17, 15) is 0 Å². The van der Waals surface area contributed by atoms with E-state index in [1.807, 2.05) is 0 Å². The van der Waals surface area contributed by atoms with Crippen LogP contribution in [0.4, 0.5) is 0 Å². The topological polar surface area (TPSA) is 8.81 Å². The van der Waals surface area contributed by atoms with Gasteiger partial charge in [-0.25, -0.2) is 4.57 Å². The second kappa shape index (κ2) is 5.20. The molecule has 0 bridgehead atoms. The predicted octanol–water partition coefficient (Wildman–Crippen LogP) is 4.81. The zero-order valence-corrected chi connectivity index (χ0v) is 14.7. The van der Waals surface area contributed by atoms with Crippen LogP contribution >= 0.6 is 0 Å². The lowest BCUT2D eigenvalue weighted by atomic mass is 10.1. The molecule has 2 heteroatoms. The van der Waals surface area contributed by atoms with Crippen molar-refractivity contribution in [3.8, 4) is 17.1 Å². The second-order valence-electron chi connectivity index (χ2n) is 7.10. The largest absolute Gasteiger partial charge is 0.295 e. The molecule has 0 radical (unpaired) electrons. The molecule has 4 rings (SSSR count). The van der Waals surface area contributed by atoms with Gasteiger partial charge in [0.25, 0.3) is 5.82 Å². The molecule has 1 aliphatic heterocycles. The minimum Gasteiger partial charge on any atom is -0.214 e. The van der Waals surface area contributed by atoms with Crippen molar-refractivity contribution in [2.45, 2.75) is 33.2 Å². The summed E-state index contributed by atoms with van der Waals surface area (Å²) in [5, 5.41) is 0. The smallest absolute Gasteiger partial charge is 0.214 e. The van der Waals surface area contributed by atoms with Gasteiger partial charge < -0.3 is 0 Å². The molecule has 2 aromatic carbocycles. The third kappa shape index (κ3) is 2.06. The second-order valence-corrected chi connectivity index (χ2v) is 7.10. The third-order valence-corrected chi connectivity index (χ3v) is 4.98. The molecule has 0 N–H and O–H groups in total. The summed E-state index contributed by atoms with van der Waals surface area (Å²) in [6, 6.07) is 19.3. The van der Waals surface area contributed by atoms with E-state index in [1.54, 1.807) is 0 Å². The van der Waals surface area contributed by atoms with Crippen LogP contribution < -0.4 is 4.57 Å². The molecular formula is C22H23N2+. The average Bonchev–Trinajstić information content (AvgIpc) is 3.05. The Hall–Kier alpha value is -2.61. The number of allylic oxidation sites excluding steroid dienone is 1. The van der Waals surface area contributed by atoms with E-state index in [2.05, 4.69) is 104 Å². The summed E-state index contributed by atoms with van der Waals surface area (Å²) in [4.78, 5) is 0. The number of para-hydroxylation sites is 1. The maximum atomic E-state index is 2.46. The lowest BCUT2D eigenvalue weighted by Gasteiger charge is -2.17. The van der Waals surface area contributed by atoms with E-state index >= 15 is 0 Å². The van der Waals surface area contributed by atoms with Gasteiger partial charge in [-0.3, -0.25) is 0 Å². The Morgan fingerprint density at radius 3 is 2.25 bits per heavy atom. The summed E-state index contributed by atoms with van der Waals surface area (Å²) < 4.78 is 4.87. The highest BCUT2D eigenvalue weighted by Crippen LogP contribution is 2.33. The molecule has 0 saturated heterocycles. The number of imidazole rings is 1. The Bertz CT molecular complexity index is 944. The van der Waals surface area contributed by atoms with Gasteiger partial charge in [-0.1, -0.05) is 36.4 Å². The minimum absolute atomic E-state index is 0.0286. The molecule has 0 aliphatic carbocycles. The molecule has 1 aromatic heterocycles. The number of hydrogen-bond acceptors (Lipinski definition) is 0. The third-order valence-electron chi connectivity index (χ3n) is 4.98. The quantitative estimate of drug-likeness (QED) is 0.600. The number of aromatic nitrogens is 2. The van der Waals surface area contributed by atoms with Crippen LogP contribution in [0, 0.1) is 13.8 Å². The van der Waals surface area contributed by atoms with Crippen LogP contribution in [0.2, 0.25) is 0 Å². The van der Waals surface area contributed by atoms with E-state index in [0.717, 1.165) is 0 Å². The van der Waals surface area contributed by atoms with Crippen molar-refractivity contribution >= 4 is 6.08 Å². The minimum atomic E-state index is -0.0286. The standard InChI is InChI=1S/C22H23N2/c1-16-10-8-9-13-19(16)23-17(2)20-14-15-22(3,4)24(20)21(23)18-11-6-5-7-12-18/h5-15H,1-4H3/q+1. The summed E-state index contributed by atoms with van der Waals surface area (Å²) >= 11 is 0. The molecule has 0 fully saturated rings. The van der Waals surface area contributed by atoms with E-state index in [4.69, 9.17) is 0 Å². The summed E-state index contributed by atoms with van der Waals surface area (Å²) in [6.45, 7) is 8.94. The van der Waals surface area contributed by atoms with Crippen molar-refractivity contribution in [1.82, 2.24) is 4.57 Å². The fraction of sp³-hybridized carbons (Fsp3) is 0.227. The monoisotopic (exact) mass is 315 g/mol. The maximum Gasteiger partial charge on any atom is 0.295 e. The van der Waals surface area contributed by atoms with Gasteiger partial charge >= 0.3 is 0 Å². The van der Waals surface area contributed by atoms with Crippen molar-refractivity contribution in [1.29, 1.82) is 0 Å². The fourth-order valence-corrected chi connectivity index (χ4v) is 3.74. The first-order valence-corrected chi connectivity index (χ1v) is 8.49. The molecule has 3 aromatic rings. The lowest BCUT2D eigenvalue weighted by molar-refractivity contribution is -0.731. The van der Waals surface area contributed by atoms with E-state index in [0.29, 0.717) is 0 Å². The van der Waals surface area contributed by atoms with E-state index in [1.165, 1.54) is 34.0 Å². The van der Waals surface area contributed by atoms with Crippen molar-refractivity contribution in [3.05, 3.63) is 77.6 Å². The van der Waals surface area contributed by atoms with E-state index in [-0.39, 0.29) is 5.54 Å². The summed E-state index contributed by atoms with van der Waals surface area (Å²) in [7, 11) is 0. The highest BCUT2D eigenvalue weighted by molar-refractivity contribution is 5.63. The number of hydrogen-bond donors (Lipinski definition) is 0. The van der Waals surface area contributed by atoms with Gasteiger partial charge in [-0.05, 0) is 56.7 Å². The van der Waals surface area contributed by atoms with Gasteiger partial charge in [-0.15, -0.1) is 0 Å². The number of aryl methyl sites for hydroxylation is 1. The van der Waals surface area contributed by atoms with E-state index < -0.39 is 0 Å². The molecule has 24 heavy (non-hydrogen) atoms. The molecule has 0 atom stereocenters. The molecule has 0 unspecified atom stereocenters. The molecule has 0 amide bonds. The number of benzene rings is 2. The van der Waals surface area contributed by atoms with Gasteiger partial charge in [-0.2, -0.15) is 4.57 Å². The Balaban J connectivity index is 2.12. The fourth-order valence-electron chi connectivity index (χ4n) is 3.74. The number of nitrogens with zero attached hydrogens (tertiary/aromatic N) is 2. The lowest BCUT2D eigenvalue weighted by Crippen LogP contribution is -2.51. The molecule has 2 heterocycles. The molecule has 120 valence electrons. The highest BCUT2D eigenvalue weighted by atomic mass is 15.2. The number of rotatable bonds is 2. The molecular weight excluding hydrogens is 292 g/mol. The Morgan fingerprint density at radius 2 is 1.54 bits per heavy atom. The SMILES string of the molecule is Cc1ccccc1-n1c(C)c2[n+](c1-c1ccccc1)C(C)(C)C=C2. The van der Waals surface area contributed by atoms with Gasteiger partial charge in [0.05, 0.1) is 5.56 Å². The maximum absolute atomic E-state index is 2.46. The first-order valence-electron chi connectivity index (χ1n) is 8.49. The van der Waals surface area contributed by atoms with Crippen LogP contribution in [0.25, 0.3) is 23.2 Å². The van der Waals surface area contributed by atoms with Crippen molar-refractivity contribution in [2.75, 3.05) is 0 Å². The summed E-state index contributed by atoms with van der Waals surface area (Å²) in [5.41, 5.74) is 6.33. The van der Waals surface area contributed by atoms with Gasteiger partial charge in [0.1, 0.15) is 11.2 Å². The highest BCUT2D eigenvalue weighted by Gasteiger charge is 2.40.